The highest BCUT2D eigenvalue weighted by Gasteiger charge is 2.20. The molecule has 7 heteroatoms. The summed E-state index contributed by atoms with van der Waals surface area (Å²) in [6, 6.07) is 13.4. The molecule has 1 heterocycles. The number of benzene rings is 2. The lowest BCUT2D eigenvalue weighted by Gasteiger charge is -2.26. The van der Waals surface area contributed by atoms with Crippen molar-refractivity contribution >= 4 is 17.3 Å². The van der Waals surface area contributed by atoms with Crippen molar-refractivity contribution < 1.29 is 19.0 Å². The van der Waals surface area contributed by atoms with E-state index in [1.807, 2.05) is 36.5 Å². The molecule has 1 saturated carbocycles. The van der Waals surface area contributed by atoms with Crippen LogP contribution in [0, 0.1) is 0 Å². The number of carbonyl (C=O) groups is 1. The highest BCUT2D eigenvalue weighted by molar-refractivity contribution is 5.90. The number of ether oxygens (including phenoxy) is 3. The van der Waals surface area contributed by atoms with Crippen molar-refractivity contribution in [2.24, 2.45) is 0 Å². The Bertz CT molecular complexity index is 1010. The molecule has 1 N–H and O–H groups in total. The maximum Gasteiger partial charge on any atom is 0.338 e. The minimum Gasteiger partial charge on any atom is -0.493 e. The number of hydrogen-bond donors (Lipinski definition) is 1. The van der Waals surface area contributed by atoms with Crippen LogP contribution in [-0.4, -0.2) is 36.0 Å². The van der Waals surface area contributed by atoms with Gasteiger partial charge in [-0.05, 0) is 69.0 Å². The van der Waals surface area contributed by atoms with E-state index in [0.29, 0.717) is 18.7 Å². The SMILES string of the molecule is CCOC(=O)c1ccc(N(Cc2cn[nH]c2)c2ccc(OC)c(OC3CCCC3)c2)cc1. The molecule has 0 atom stereocenters. The van der Waals surface area contributed by atoms with Crippen LogP contribution in [0.1, 0.15) is 48.5 Å². The van der Waals surface area contributed by atoms with Crippen LogP contribution in [0.4, 0.5) is 11.4 Å². The van der Waals surface area contributed by atoms with E-state index in [9.17, 15) is 4.79 Å². The molecule has 0 radical (unpaired) electrons. The number of aromatic nitrogens is 2. The second kappa shape index (κ2) is 10.2. The van der Waals surface area contributed by atoms with Gasteiger partial charge in [-0.2, -0.15) is 5.10 Å². The van der Waals surface area contributed by atoms with Crippen molar-refractivity contribution in [3.63, 3.8) is 0 Å². The smallest absolute Gasteiger partial charge is 0.338 e. The molecule has 2 aromatic carbocycles. The van der Waals surface area contributed by atoms with E-state index in [2.05, 4.69) is 15.1 Å². The van der Waals surface area contributed by atoms with Crippen molar-refractivity contribution in [1.82, 2.24) is 10.2 Å². The van der Waals surface area contributed by atoms with Crippen molar-refractivity contribution in [3.8, 4) is 11.5 Å². The maximum atomic E-state index is 12.1. The topological polar surface area (TPSA) is 76.7 Å². The largest absolute Gasteiger partial charge is 0.493 e. The molecule has 32 heavy (non-hydrogen) atoms. The van der Waals surface area contributed by atoms with Gasteiger partial charge in [0, 0.05) is 29.2 Å². The van der Waals surface area contributed by atoms with Crippen LogP contribution in [-0.2, 0) is 11.3 Å². The fourth-order valence-corrected chi connectivity index (χ4v) is 3.98. The van der Waals surface area contributed by atoms with E-state index in [0.717, 1.165) is 41.3 Å². The van der Waals surface area contributed by atoms with E-state index in [-0.39, 0.29) is 12.1 Å². The highest BCUT2D eigenvalue weighted by Crippen LogP contribution is 2.37. The third-order valence-corrected chi connectivity index (χ3v) is 5.64. The summed E-state index contributed by atoms with van der Waals surface area (Å²) < 4.78 is 17.0. The van der Waals surface area contributed by atoms with E-state index < -0.39 is 0 Å². The summed E-state index contributed by atoms with van der Waals surface area (Å²) in [5.74, 6) is 1.15. The number of hydrogen-bond acceptors (Lipinski definition) is 6. The number of anilines is 2. The first-order chi connectivity index (χ1) is 15.7. The molecule has 0 unspecified atom stereocenters. The zero-order valence-electron chi connectivity index (χ0n) is 18.5. The van der Waals surface area contributed by atoms with Crippen LogP contribution in [0.3, 0.4) is 0 Å². The van der Waals surface area contributed by atoms with E-state index in [1.54, 1.807) is 32.4 Å². The van der Waals surface area contributed by atoms with Crippen LogP contribution in [0.2, 0.25) is 0 Å². The second-order valence-electron chi connectivity index (χ2n) is 7.82. The molecule has 7 nitrogen and oxygen atoms in total. The Morgan fingerprint density at radius 1 is 1.09 bits per heavy atom. The number of carbonyl (C=O) groups excluding carboxylic acids is 1. The second-order valence-corrected chi connectivity index (χ2v) is 7.82. The zero-order chi connectivity index (χ0) is 22.3. The lowest BCUT2D eigenvalue weighted by Crippen LogP contribution is -2.17. The average molecular weight is 436 g/mol. The molecule has 1 aliphatic rings. The average Bonchev–Trinajstić information content (AvgIpc) is 3.52. The number of nitrogens with one attached hydrogen (secondary N) is 1. The number of methoxy groups -OCH3 is 1. The molecular formula is C25H29N3O4. The molecule has 1 aliphatic carbocycles. The summed E-state index contributed by atoms with van der Waals surface area (Å²) in [7, 11) is 1.66. The third-order valence-electron chi connectivity index (χ3n) is 5.64. The van der Waals surface area contributed by atoms with Crippen LogP contribution in [0.25, 0.3) is 0 Å². The first kappa shape index (κ1) is 21.7. The Morgan fingerprint density at radius 3 is 2.50 bits per heavy atom. The molecular weight excluding hydrogens is 406 g/mol. The predicted molar refractivity (Wildman–Crippen MR) is 123 cm³/mol. The van der Waals surface area contributed by atoms with Gasteiger partial charge in [0.2, 0.25) is 0 Å². The van der Waals surface area contributed by atoms with Gasteiger partial charge >= 0.3 is 5.97 Å². The maximum absolute atomic E-state index is 12.1. The van der Waals surface area contributed by atoms with E-state index >= 15 is 0 Å². The normalized spacial score (nSPS) is 13.7. The Morgan fingerprint density at radius 2 is 1.84 bits per heavy atom. The molecule has 1 aromatic heterocycles. The van der Waals surface area contributed by atoms with Gasteiger partial charge in [-0.1, -0.05) is 0 Å². The lowest BCUT2D eigenvalue weighted by atomic mass is 10.1. The molecule has 168 valence electrons. The molecule has 0 saturated heterocycles. The number of aromatic amines is 1. The molecule has 4 rings (SSSR count). The van der Waals surface area contributed by atoms with Gasteiger partial charge in [-0.3, -0.25) is 5.10 Å². The van der Waals surface area contributed by atoms with Crippen LogP contribution < -0.4 is 14.4 Å². The molecule has 1 fully saturated rings. The molecule has 0 aliphatic heterocycles. The quantitative estimate of drug-likeness (QED) is 0.462. The number of esters is 1. The van der Waals surface area contributed by atoms with Gasteiger partial charge < -0.3 is 19.1 Å². The molecule has 0 amide bonds. The Hall–Kier alpha value is -3.48. The van der Waals surface area contributed by atoms with Crippen molar-refractivity contribution in [2.45, 2.75) is 45.3 Å². The lowest BCUT2D eigenvalue weighted by molar-refractivity contribution is 0.0526. The summed E-state index contributed by atoms with van der Waals surface area (Å²) >= 11 is 0. The minimum absolute atomic E-state index is 0.227. The zero-order valence-corrected chi connectivity index (χ0v) is 18.5. The van der Waals surface area contributed by atoms with E-state index in [1.165, 1.54) is 12.8 Å². The number of rotatable bonds is 9. The Kier molecular flexibility index (Phi) is 6.94. The predicted octanol–water partition coefficient (Wildman–Crippen LogP) is 5.25. The van der Waals surface area contributed by atoms with Gasteiger partial charge in [-0.25, -0.2) is 4.79 Å². The van der Waals surface area contributed by atoms with Crippen LogP contribution in [0.15, 0.2) is 54.9 Å². The Balaban J connectivity index is 1.66. The standard InChI is InChI=1S/C25H29N3O4/c1-3-31-25(29)19-8-10-20(11-9-19)28(17-18-15-26-27-16-18)21-12-13-23(30-2)24(14-21)32-22-6-4-5-7-22/h8-16,22H,3-7,17H2,1-2H3,(H,26,27). The van der Waals surface area contributed by atoms with Crippen molar-refractivity contribution in [3.05, 3.63) is 66.0 Å². The summed E-state index contributed by atoms with van der Waals surface area (Å²) in [6.45, 7) is 2.75. The van der Waals surface area contributed by atoms with E-state index in [4.69, 9.17) is 14.2 Å². The van der Waals surface area contributed by atoms with Crippen LogP contribution in [0.5, 0.6) is 11.5 Å². The van der Waals surface area contributed by atoms with Gasteiger partial charge in [0.05, 0.1) is 38.1 Å². The first-order valence-electron chi connectivity index (χ1n) is 11.0. The molecule has 0 bridgehead atoms. The molecule has 3 aromatic rings. The summed E-state index contributed by atoms with van der Waals surface area (Å²) in [4.78, 5) is 14.2. The number of H-pyrrole nitrogens is 1. The molecule has 0 spiro atoms. The van der Waals surface area contributed by atoms with Crippen molar-refractivity contribution in [2.75, 3.05) is 18.6 Å². The fraction of sp³-hybridized carbons (Fsp3) is 0.360. The first-order valence-corrected chi connectivity index (χ1v) is 11.0. The van der Waals surface area contributed by atoms with Gasteiger partial charge in [0.15, 0.2) is 11.5 Å². The third kappa shape index (κ3) is 5.04. The highest BCUT2D eigenvalue weighted by atomic mass is 16.5. The minimum atomic E-state index is -0.322. The van der Waals surface area contributed by atoms with Gasteiger partial charge in [0.25, 0.3) is 0 Å². The van der Waals surface area contributed by atoms with Gasteiger partial charge in [-0.15, -0.1) is 0 Å². The monoisotopic (exact) mass is 435 g/mol. The Labute approximate surface area is 188 Å². The number of nitrogens with zero attached hydrogens (tertiary/aromatic N) is 2. The summed E-state index contributed by atoms with van der Waals surface area (Å²) in [5.41, 5.74) is 3.47. The summed E-state index contributed by atoms with van der Waals surface area (Å²) in [5, 5.41) is 6.95. The van der Waals surface area contributed by atoms with Crippen molar-refractivity contribution in [1.29, 1.82) is 0 Å². The summed E-state index contributed by atoms with van der Waals surface area (Å²) in [6.07, 6.45) is 8.45. The fourth-order valence-electron chi connectivity index (χ4n) is 3.98. The van der Waals surface area contributed by atoms with Crippen LogP contribution >= 0.6 is 0 Å². The van der Waals surface area contributed by atoms with Gasteiger partial charge in [0.1, 0.15) is 0 Å².